The molecule has 5 heteroatoms. The number of anilines is 1. The van der Waals surface area contributed by atoms with Crippen LogP contribution >= 0.6 is 11.6 Å². The molecule has 0 aliphatic heterocycles. The van der Waals surface area contributed by atoms with Crippen LogP contribution in [0.1, 0.15) is 13.8 Å². The lowest BCUT2D eigenvalue weighted by molar-refractivity contribution is 0.130. The Hall–Kier alpha value is -1.29. The third-order valence-electron chi connectivity index (χ3n) is 1.30. The smallest absolute Gasteiger partial charge is 0.413 e. The zero-order valence-electron chi connectivity index (χ0n) is 7.95. The van der Waals surface area contributed by atoms with Crippen LogP contribution in [-0.2, 0) is 4.74 Å². The standard InChI is InChI=1S/C9H11ClN2O2/c1-6(2)14-9(13)12-8-4-3-7(10)5-11-8/h3-6H,1-2H3,(H,11,12,13). The molecule has 1 rings (SSSR count). The van der Waals surface area contributed by atoms with Crippen molar-refractivity contribution >= 4 is 23.5 Å². The van der Waals surface area contributed by atoms with Gasteiger partial charge in [0.1, 0.15) is 5.82 Å². The number of pyridine rings is 1. The van der Waals surface area contributed by atoms with Gasteiger partial charge in [-0.05, 0) is 26.0 Å². The topological polar surface area (TPSA) is 51.2 Å². The van der Waals surface area contributed by atoms with Crippen molar-refractivity contribution in [1.82, 2.24) is 4.98 Å². The monoisotopic (exact) mass is 214 g/mol. The molecule has 4 nitrogen and oxygen atoms in total. The van der Waals surface area contributed by atoms with E-state index in [0.717, 1.165) is 0 Å². The Balaban J connectivity index is 2.52. The molecule has 1 aromatic heterocycles. The summed E-state index contributed by atoms with van der Waals surface area (Å²) < 4.78 is 4.86. The molecule has 0 saturated heterocycles. The molecule has 0 saturated carbocycles. The van der Waals surface area contributed by atoms with Crippen LogP contribution in [0.2, 0.25) is 5.02 Å². The molecule has 0 aliphatic carbocycles. The maximum Gasteiger partial charge on any atom is 0.413 e. The minimum absolute atomic E-state index is 0.151. The van der Waals surface area contributed by atoms with Crippen LogP contribution in [0.25, 0.3) is 0 Å². The lowest BCUT2D eigenvalue weighted by Gasteiger charge is -2.08. The van der Waals surface area contributed by atoms with E-state index in [0.29, 0.717) is 10.8 Å². The number of rotatable bonds is 2. The van der Waals surface area contributed by atoms with Gasteiger partial charge < -0.3 is 4.74 Å². The van der Waals surface area contributed by atoms with Gasteiger partial charge in [0, 0.05) is 6.20 Å². The number of carbonyl (C=O) groups excluding carboxylic acids is 1. The van der Waals surface area contributed by atoms with E-state index in [9.17, 15) is 4.79 Å². The number of amides is 1. The first kappa shape index (κ1) is 10.8. The normalized spacial score (nSPS) is 10.0. The van der Waals surface area contributed by atoms with Crippen LogP contribution in [-0.4, -0.2) is 17.2 Å². The molecule has 0 spiro atoms. The predicted octanol–water partition coefficient (Wildman–Crippen LogP) is 2.69. The van der Waals surface area contributed by atoms with E-state index in [-0.39, 0.29) is 6.10 Å². The maximum absolute atomic E-state index is 11.1. The van der Waals surface area contributed by atoms with Gasteiger partial charge in [0.15, 0.2) is 0 Å². The fraction of sp³-hybridized carbons (Fsp3) is 0.333. The van der Waals surface area contributed by atoms with Gasteiger partial charge in [-0.2, -0.15) is 0 Å². The summed E-state index contributed by atoms with van der Waals surface area (Å²) in [6, 6.07) is 3.24. The highest BCUT2D eigenvalue weighted by Crippen LogP contribution is 2.09. The van der Waals surface area contributed by atoms with E-state index in [1.807, 2.05) is 0 Å². The Morgan fingerprint density at radius 2 is 2.29 bits per heavy atom. The lowest BCUT2D eigenvalue weighted by atomic mass is 10.4. The maximum atomic E-state index is 11.1. The number of hydrogen-bond acceptors (Lipinski definition) is 3. The second kappa shape index (κ2) is 4.81. The molecule has 0 aliphatic rings. The Morgan fingerprint density at radius 1 is 1.57 bits per heavy atom. The van der Waals surface area contributed by atoms with Crippen molar-refractivity contribution in [3.05, 3.63) is 23.4 Å². The molecule has 14 heavy (non-hydrogen) atoms. The van der Waals surface area contributed by atoms with E-state index in [4.69, 9.17) is 16.3 Å². The van der Waals surface area contributed by atoms with Gasteiger partial charge in [0.05, 0.1) is 11.1 Å². The summed E-state index contributed by atoms with van der Waals surface area (Å²) in [6.45, 7) is 3.55. The van der Waals surface area contributed by atoms with Crippen molar-refractivity contribution in [3.8, 4) is 0 Å². The summed E-state index contributed by atoms with van der Waals surface area (Å²) in [6.07, 6.45) is 0.782. The highest BCUT2D eigenvalue weighted by atomic mass is 35.5. The van der Waals surface area contributed by atoms with Gasteiger partial charge in [0.25, 0.3) is 0 Å². The molecule has 1 heterocycles. The minimum Gasteiger partial charge on any atom is -0.447 e. The Labute approximate surface area is 87.2 Å². The molecule has 0 aromatic carbocycles. The summed E-state index contributed by atoms with van der Waals surface area (Å²) in [5, 5.41) is 2.99. The summed E-state index contributed by atoms with van der Waals surface area (Å²) >= 11 is 5.63. The summed E-state index contributed by atoms with van der Waals surface area (Å²) in [4.78, 5) is 15.0. The Morgan fingerprint density at radius 3 is 2.79 bits per heavy atom. The van der Waals surface area contributed by atoms with Gasteiger partial charge in [-0.3, -0.25) is 5.32 Å². The van der Waals surface area contributed by atoms with Crippen LogP contribution in [0.5, 0.6) is 0 Å². The summed E-state index contributed by atoms with van der Waals surface area (Å²) in [5.74, 6) is 0.417. The van der Waals surface area contributed by atoms with Crippen LogP contribution in [0.3, 0.4) is 0 Å². The summed E-state index contributed by atoms with van der Waals surface area (Å²) in [5.41, 5.74) is 0. The Bertz CT molecular complexity index is 311. The van der Waals surface area contributed by atoms with Gasteiger partial charge in [-0.1, -0.05) is 11.6 Å². The second-order valence-corrected chi connectivity index (χ2v) is 3.38. The average Bonchev–Trinajstić information content (AvgIpc) is 2.07. The van der Waals surface area contributed by atoms with Crippen molar-refractivity contribution < 1.29 is 9.53 Å². The van der Waals surface area contributed by atoms with Crippen molar-refractivity contribution in [2.75, 3.05) is 5.32 Å². The zero-order chi connectivity index (χ0) is 10.6. The van der Waals surface area contributed by atoms with Gasteiger partial charge >= 0.3 is 6.09 Å². The number of nitrogens with zero attached hydrogens (tertiary/aromatic N) is 1. The molecule has 0 unspecified atom stereocenters. The van der Waals surface area contributed by atoms with Crippen LogP contribution in [0, 0.1) is 0 Å². The van der Waals surface area contributed by atoms with Crippen molar-refractivity contribution in [2.24, 2.45) is 0 Å². The van der Waals surface area contributed by atoms with E-state index in [1.165, 1.54) is 6.20 Å². The largest absolute Gasteiger partial charge is 0.447 e. The van der Waals surface area contributed by atoms with E-state index in [1.54, 1.807) is 26.0 Å². The first-order valence-corrected chi connectivity index (χ1v) is 4.55. The van der Waals surface area contributed by atoms with Gasteiger partial charge in [-0.25, -0.2) is 9.78 Å². The van der Waals surface area contributed by atoms with E-state index >= 15 is 0 Å². The first-order chi connectivity index (χ1) is 6.58. The molecular formula is C9H11ClN2O2. The van der Waals surface area contributed by atoms with E-state index in [2.05, 4.69) is 10.3 Å². The lowest BCUT2D eigenvalue weighted by Crippen LogP contribution is -2.18. The summed E-state index contributed by atoms with van der Waals surface area (Å²) in [7, 11) is 0. The number of nitrogens with one attached hydrogen (secondary N) is 1. The molecule has 1 N–H and O–H groups in total. The Kier molecular flexibility index (Phi) is 3.71. The van der Waals surface area contributed by atoms with Crippen molar-refractivity contribution in [3.63, 3.8) is 0 Å². The molecule has 0 fully saturated rings. The fourth-order valence-electron chi connectivity index (χ4n) is 0.798. The number of carbonyl (C=O) groups is 1. The molecule has 0 bridgehead atoms. The van der Waals surface area contributed by atoms with Gasteiger partial charge in [0.2, 0.25) is 0 Å². The number of aromatic nitrogens is 1. The third-order valence-corrected chi connectivity index (χ3v) is 1.52. The highest BCUT2D eigenvalue weighted by molar-refractivity contribution is 6.30. The van der Waals surface area contributed by atoms with Crippen molar-refractivity contribution in [2.45, 2.75) is 20.0 Å². The predicted molar refractivity (Wildman–Crippen MR) is 54.5 cm³/mol. The first-order valence-electron chi connectivity index (χ1n) is 4.17. The van der Waals surface area contributed by atoms with E-state index < -0.39 is 6.09 Å². The molecule has 0 radical (unpaired) electrons. The van der Waals surface area contributed by atoms with Crippen LogP contribution < -0.4 is 5.32 Å². The molecule has 1 aromatic rings. The van der Waals surface area contributed by atoms with Crippen LogP contribution in [0.15, 0.2) is 18.3 Å². The number of halogens is 1. The second-order valence-electron chi connectivity index (χ2n) is 2.94. The average molecular weight is 215 g/mol. The highest BCUT2D eigenvalue weighted by Gasteiger charge is 2.05. The van der Waals surface area contributed by atoms with Gasteiger partial charge in [-0.15, -0.1) is 0 Å². The third kappa shape index (κ3) is 3.62. The van der Waals surface area contributed by atoms with Crippen LogP contribution in [0.4, 0.5) is 10.6 Å². The molecule has 0 atom stereocenters. The molecule has 76 valence electrons. The minimum atomic E-state index is -0.519. The SMILES string of the molecule is CC(C)OC(=O)Nc1ccc(Cl)cn1. The zero-order valence-corrected chi connectivity index (χ0v) is 8.71. The number of ether oxygens (including phenoxy) is 1. The fourth-order valence-corrected chi connectivity index (χ4v) is 0.910. The molecular weight excluding hydrogens is 204 g/mol. The number of hydrogen-bond donors (Lipinski definition) is 1. The van der Waals surface area contributed by atoms with Crippen molar-refractivity contribution in [1.29, 1.82) is 0 Å². The quantitative estimate of drug-likeness (QED) is 0.824. The molecule has 1 amide bonds.